The normalized spacial score (nSPS) is 16.3. The number of hydrogen-bond donors (Lipinski definition) is 1. The minimum absolute atomic E-state index is 0.151. The lowest BCUT2D eigenvalue weighted by molar-refractivity contribution is -0.286. The van der Waals surface area contributed by atoms with Gasteiger partial charge in [0, 0.05) is 0 Å². The van der Waals surface area contributed by atoms with Crippen molar-refractivity contribution in [2.45, 2.75) is 13.2 Å². The van der Waals surface area contributed by atoms with E-state index in [2.05, 4.69) is 9.47 Å². The Labute approximate surface area is 106 Å². The predicted molar refractivity (Wildman–Crippen MR) is 58.9 cm³/mol. The number of fused-ring (bicyclic) bond motifs is 1. The first-order valence-corrected chi connectivity index (χ1v) is 5.14. The Bertz CT molecular complexity index is 576. The maximum absolute atomic E-state index is 12.8. The number of halogens is 2. The van der Waals surface area contributed by atoms with E-state index in [0.29, 0.717) is 0 Å². The van der Waals surface area contributed by atoms with Crippen molar-refractivity contribution >= 4 is 17.8 Å². The Balaban J connectivity index is 2.37. The molecule has 5 nitrogen and oxygen atoms in total. The number of alkyl halides is 2. The van der Waals surface area contributed by atoms with Gasteiger partial charge in [0.2, 0.25) is 0 Å². The monoisotopic (exact) mass is 270 g/mol. The van der Waals surface area contributed by atoms with Gasteiger partial charge in [-0.1, -0.05) is 6.07 Å². The Kier molecular flexibility index (Phi) is 2.97. The second-order valence-electron chi connectivity index (χ2n) is 3.79. The van der Waals surface area contributed by atoms with E-state index < -0.39 is 23.6 Å². The largest absolute Gasteiger partial charge is 0.586 e. The van der Waals surface area contributed by atoms with Crippen molar-refractivity contribution in [3.63, 3.8) is 0 Å². The average molecular weight is 270 g/mol. The van der Waals surface area contributed by atoms with Gasteiger partial charge in [-0.2, -0.15) is 0 Å². The molecule has 1 aromatic rings. The summed E-state index contributed by atoms with van der Waals surface area (Å²) in [5, 5.41) is 8.82. The second-order valence-corrected chi connectivity index (χ2v) is 3.79. The quantitative estimate of drug-likeness (QED) is 0.517. The van der Waals surface area contributed by atoms with Crippen LogP contribution >= 0.6 is 0 Å². The number of Topliss-reactive ketones (excluding diaryl/α,β-unsaturated/α-hetero) is 1. The van der Waals surface area contributed by atoms with Gasteiger partial charge in [-0.3, -0.25) is 4.79 Å². The van der Waals surface area contributed by atoms with Crippen LogP contribution in [0.2, 0.25) is 0 Å². The number of benzene rings is 1. The van der Waals surface area contributed by atoms with E-state index in [1.54, 1.807) is 0 Å². The Morgan fingerprint density at radius 3 is 2.47 bits per heavy atom. The highest BCUT2D eigenvalue weighted by molar-refractivity contribution is 6.19. The van der Waals surface area contributed by atoms with Crippen molar-refractivity contribution in [2.24, 2.45) is 0 Å². The molecule has 1 aromatic carbocycles. The smallest absolute Gasteiger partial charge is 0.478 e. The molecule has 0 spiro atoms. The minimum atomic E-state index is -3.74. The van der Waals surface area contributed by atoms with Gasteiger partial charge in [0.25, 0.3) is 0 Å². The van der Waals surface area contributed by atoms with Gasteiger partial charge in [0.05, 0.1) is 0 Å². The molecule has 19 heavy (non-hydrogen) atoms. The number of ether oxygens (including phenoxy) is 2. The fourth-order valence-electron chi connectivity index (χ4n) is 1.54. The van der Waals surface area contributed by atoms with Gasteiger partial charge >= 0.3 is 12.3 Å². The molecule has 0 aromatic heterocycles. The molecule has 7 heteroatoms. The summed E-state index contributed by atoms with van der Waals surface area (Å²) < 4.78 is 34.0. The van der Waals surface area contributed by atoms with Crippen molar-refractivity contribution in [1.29, 1.82) is 0 Å². The first-order valence-electron chi connectivity index (χ1n) is 5.14. The zero-order valence-corrected chi connectivity index (χ0v) is 9.65. The minimum Gasteiger partial charge on any atom is -0.478 e. The van der Waals surface area contributed by atoms with Gasteiger partial charge in [-0.15, -0.1) is 8.78 Å². The van der Waals surface area contributed by atoms with Crippen LogP contribution in [0.3, 0.4) is 0 Å². The number of ketones is 1. The summed E-state index contributed by atoms with van der Waals surface area (Å²) in [5.74, 6) is -2.40. The Morgan fingerprint density at radius 2 is 1.89 bits per heavy atom. The molecule has 2 rings (SSSR count). The first kappa shape index (κ1) is 13.0. The van der Waals surface area contributed by atoms with Crippen molar-refractivity contribution < 1.29 is 33.0 Å². The molecule has 1 heterocycles. The van der Waals surface area contributed by atoms with Crippen LogP contribution in [0.5, 0.6) is 11.5 Å². The molecule has 0 radical (unpaired) electrons. The van der Waals surface area contributed by atoms with Gasteiger partial charge < -0.3 is 14.6 Å². The third kappa shape index (κ3) is 2.70. The summed E-state index contributed by atoms with van der Waals surface area (Å²) in [6.07, 6.45) is -2.66. The molecular weight excluding hydrogens is 262 g/mol. The van der Waals surface area contributed by atoms with Crippen molar-refractivity contribution in [3.8, 4) is 11.5 Å². The summed E-state index contributed by atoms with van der Waals surface area (Å²) >= 11 is 0. The zero-order valence-electron chi connectivity index (χ0n) is 9.65. The standard InChI is InChI=1S/C12H8F2O5/c1-6(15)8(11(16)17)4-7-2-3-9-10(5-7)19-12(13,14)18-9/h2-5H,1H3,(H,16,17)/b8-4-. The Hall–Kier alpha value is -2.44. The summed E-state index contributed by atoms with van der Waals surface area (Å²) in [7, 11) is 0. The van der Waals surface area contributed by atoms with E-state index in [0.717, 1.165) is 13.0 Å². The fraction of sp³-hybridized carbons (Fsp3) is 0.167. The van der Waals surface area contributed by atoms with E-state index in [1.807, 2.05) is 0 Å². The van der Waals surface area contributed by atoms with Gasteiger partial charge in [-0.25, -0.2) is 4.79 Å². The van der Waals surface area contributed by atoms with E-state index in [4.69, 9.17) is 5.11 Å². The molecule has 0 atom stereocenters. The molecule has 0 fully saturated rings. The van der Waals surface area contributed by atoms with E-state index >= 15 is 0 Å². The van der Waals surface area contributed by atoms with Gasteiger partial charge in [0.15, 0.2) is 17.3 Å². The lowest BCUT2D eigenvalue weighted by Crippen LogP contribution is -2.25. The lowest BCUT2D eigenvalue weighted by Gasteiger charge is -2.04. The number of hydrogen-bond acceptors (Lipinski definition) is 4. The van der Waals surface area contributed by atoms with Crippen molar-refractivity contribution in [1.82, 2.24) is 0 Å². The van der Waals surface area contributed by atoms with E-state index in [-0.39, 0.29) is 17.1 Å². The molecule has 100 valence electrons. The molecule has 0 unspecified atom stereocenters. The maximum atomic E-state index is 12.8. The SMILES string of the molecule is CC(=O)/C(=C/c1ccc2c(c1)OC(F)(F)O2)C(=O)O. The third-order valence-corrected chi connectivity index (χ3v) is 2.35. The third-order valence-electron chi connectivity index (χ3n) is 2.35. The van der Waals surface area contributed by atoms with Crippen LogP contribution in [-0.4, -0.2) is 23.2 Å². The Morgan fingerprint density at radius 1 is 1.26 bits per heavy atom. The van der Waals surface area contributed by atoms with Crippen LogP contribution in [-0.2, 0) is 9.59 Å². The molecule has 1 aliphatic rings. The highest BCUT2D eigenvalue weighted by atomic mass is 19.3. The van der Waals surface area contributed by atoms with Crippen LogP contribution < -0.4 is 9.47 Å². The first-order chi connectivity index (χ1) is 8.78. The van der Waals surface area contributed by atoms with Crippen LogP contribution in [0.1, 0.15) is 12.5 Å². The topological polar surface area (TPSA) is 72.8 Å². The zero-order chi connectivity index (χ0) is 14.2. The van der Waals surface area contributed by atoms with E-state index in [1.165, 1.54) is 18.2 Å². The van der Waals surface area contributed by atoms with Gasteiger partial charge in [-0.05, 0) is 30.7 Å². The van der Waals surface area contributed by atoms with Crippen LogP contribution in [0.15, 0.2) is 23.8 Å². The molecular formula is C12H8F2O5. The number of carboxylic acids is 1. The van der Waals surface area contributed by atoms with Crippen LogP contribution in [0.25, 0.3) is 6.08 Å². The molecule has 1 aliphatic heterocycles. The number of rotatable bonds is 3. The number of carbonyl (C=O) groups excluding carboxylic acids is 1. The summed E-state index contributed by atoms with van der Waals surface area (Å²) in [6.45, 7) is 1.10. The molecule has 0 saturated heterocycles. The summed E-state index contributed by atoms with van der Waals surface area (Å²) in [6, 6.07) is 3.72. The maximum Gasteiger partial charge on any atom is 0.586 e. The lowest BCUT2D eigenvalue weighted by atomic mass is 10.1. The van der Waals surface area contributed by atoms with Crippen LogP contribution in [0, 0.1) is 0 Å². The molecule has 0 saturated carbocycles. The van der Waals surface area contributed by atoms with E-state index in [9.17, 15) is 18.4 Å². The van der Waals surface area contributed by atoms with Crippen molar-refractivity contribution in [2.75, 3.05) is 0 Å². The van der Waals surface area contributed by atoms with Crippen LogP contribution in [0.4, 0.5) is 8.78 Å². The highest BCUT2D eigenvalue weighted by Crippen LogP contribution is 2.41. The summed E-state index contributed by atoms with van der Waals surface area (Å²) in [4.78, 5) is 21.9. The molecule has 0 bridgehead atoms. The number of carbonyl (C=O) groups is 2. The fourth-order valence-corrected chi connectivity index (χ4v) is 1.54. The average Bonchev–Trinajstić information content (AvgIpc) is 2.57. The summed E-state index contributed by atoms with van der Waals surface area (Å²) in [5.41, 5.74) is -0.210. The van der Waals surface area contributed by atoms with Gasteiger partial charge in [0.1, 0.15) is 5.57 Å². The highest BCUT2D eigenvalue weighted by Gasteiger charge is 2.43. The molecule has 0 aliphatic carbocycles. The number of carboxylic acid groups (broad SMARTS) is 1. The number of aliphatic carboxylic acids is 1. The molecule has 1 N–H and O–H groups in total. The second kappa shape index (κ2) is 4.34. The molecule has 0 amide bonds. The van der Waals surface area contributed by atoms with Crippen molar-refractivity contribution in [3.05, 3.63) is 29.3 Å². The predicted octanol–water partition coefficient (Wildman–Crippen LogP) is 2.07.